The quantitative estimate of drug-likeness (QED) is 0.704. The van der Waals surface area contributed by atoms with Gasteiger partial charge in [-0.25, -0.2) is 8.42 Å². The first-order valence-electron chi connectivity index (χ1n) is 4.20. The third-order valence-electron chi connectivity index (χ3n) is 2.25. The highest BCUT2D eigenvalue weighted by Crippen LogP contribution is 2.36. The van der Waals surface area contributed by atoms with Crippen LogP contribution in [0.5, 0.6) is 5.75 Å². The lowest BCUT2D eigenvalue weighted by atomic mass is 10.2. The first-order valence-corrected chi connectivity index (χ1v) is 5.68. The fourth-order valence-electron chi connectivity index (χ4n) is 1.52. The molecule has 15 heavy (non-hydrogen) atoms. The van der Waals surface area contributed by atoms with Gasteiger partial charge in [0.1, 0.15) is 10.7 Å². The SMILES string of the molecule is COc1cccc2c1C=C(C=O)S2(=O)=O. The Bertz CT molecular complexity index is 555. The van der Waals surface area contributed by atoms with Gasteiger partial charge < -0.3 is 4.74 Å². The molecule has 0 bridgehead atoms. The number of carbonyl (C=O) groups excluding carboxylic acids is 1. The largest absolute Gasteiger partial charge is 0.496 e. The number of aldehydes is 1. The second-order valence-electron chi connectivity index (χ2n) is 3.04. The molecule has 1 aromatic rings. The lowest BCUT2D eigenvalue weighted by molar-refractivity contribution is -0.104. The number of carbonyl (C=O) groups is 1. The molecule has 1 aromatic carbocycles. The molecule has 0 spiro atoms. The molecule has 1 aliphatic heterocycles. The number of benzene rings is 1. The average molecular weight is 224 g/mol. The van der Waals surface area contributed by atoms with Crippen molar-refractivity contribution in [2.24, 2.45) is 0 Å². The van der Waals surface area contributed by atoms with E-state index in [0.29, 0.717) is 17.6 Å². The molecule has 4 nitrogen and oxygen atoms in total. The van der Waals surface area contributed by atoms with E-state index >= 15 is 0 Å². The van der Waals surface area contributed by atoms with Crippen LogP contribution in [-0.4, -0.2) is 21.8 Å². The van der Waals surface area contributed by atoms with Crippen molar-refractivity contribution in [1.29, 1.82) is 0 Å². The van der Waals surface area contributed by atoms with Gasteiger partial charge in [-0.3, -0.25) is 4.79 Å². The molecular formula is C10H8O4S. The highest BCUT2D eigenvalue weighted by molar-refractivity contribution is 7.96. The number of fused-ring (bicyclic) bond motifs is 1. The Hall–Kier alpha value is -1.62. The summed E-state index contributed by atoms with van der Waals surface area (Å²) >= 11 is 0. The monoisotopic (exact) mass is 224 g/mol. The van der Waals surface area contributed by atoms with Crippen molar-refractivity contribution in [3.8, 4) is 5.75 Å². The van der Waals surface area contributed by atoms with Crippen LogP contribution >= 0.6 is 0 Å². The fraction of sp³-hybridized carbons (Fsp3) is 0.100. The summed E-state index contributed by atoms with van der Waals surface area (Å²) in [4.78, 5) is 10.5. The molecule has 0 saturated heterocycles. The van der Waals surface area contributed by atoms with Gasteiger partial charge in [0.25, 0.3) is 0 Å². The van der Waals surface area contributed by atoms with Crippen LogP contribution in [0.25, 0.3) is 6.08 Å². The smallest absolute Gasteiger partial charge is 0.210 e. The lowest BCUT2D eigenvalue weighted by Crippen LogP contribution is -2.01. The van der Waals surface area contributed by atoms with E-state index in [0.717, 1.165) is 0 Å². The van der Waals surface area contributed by atoms with E-state index in [1.807, 2.05) is 0 Å². The van der Waals surface area contributed by atoms with Crippen LogP contribution in [0.1, 0.15) is 5.56 Å². The van der Waals surface area contributed by atoms with Crippen LogP contribution in [0.2, 0.25) is 0 Å². The Labute approximate surface area is 87.1 Å². The van der Waals surface area contributed by atoms with Gasteiger partial charge in [0.05, 0.1) is 12.0 Å². The summed E-state index contributed by atoms with van der Waals surface area (Å²) in [6.45, 7) is 0. The van der Waals surface area contributed by atoms with E-state index < -0.39 is 9.84 Å². The summed E-state index contributed by atoms with van der Waals surface area (Å²) in [7, 11) is -2.16. The zero-order valence-corrected chi connectivity index (χ0v) is 8.74. The Kier molecular flexibility index (Phi) is 2.12. The third-order valence-corrected chi connectivity index (χ3v) is 4.02. The molecule has 0 atom stereocenters. The topological polar surface area (TPSA) is 60.4 Å². The molecule has 0 radical (unpaired) electrons. The van der Waals surface area contributed by atoms with Crippen molar-refractivity contribution in [3.63, 3.8) is 0 Å². The van der Waals surface area contributed by atoms with E-state index in [1.54, 1.807) is 12.1 Å². The zero-order valence-electron chi connectivity index (χ0n) is 7.93. The molecule has 0 amide bonds. The van der Waals surface area contributed by atoms with Gasteiger partial charge in [0.2, 0.25) is 9.84 Å². The van der Waals surface area contributed by atoms with Crippen LogP contribution in [0.3, 0.4) is 0 Å². The van der Waals surface area contributed by atoms with Crippen LogP contribution < -0.4 is 4.74 Å². The highest BCUT2D eigenvalue weighted by Gasteiger charge is 2.30. The van der Waals surface area contributed by atoms with E-state index in [2.05, 4.69) is 0 Å². The Morgan fingerprint density at radius 1 is 1.33 bits per heavy atom. The molecular weight excluding hydrogens is 216 g/mol. The summed E-state index contributed by atoms with van der Waals surface area (Å²) < 4.78 is 28.5. The van der Waals surface area contributed by atoms with Crippen molar-refractivity contribution in [2.75, 3.05) is 7.11 Å². The van der Waals surface area contributed by atoms with Crippen LogP contribution in [0.4, 0.5) is 0 Å². The van der Waals surface area contributed by atoms with Gasteiger partial charge in [-0.1, -0.05) is 6.07 Å². The molecule has 0 aliphatic carbocycles. The van der Waals surface area contributed by atoms with E-state index in [-0.39, 0.29) is 9.80 Å². The Morgan fingerprint density at radius 3 is 2.67 bits per heavy atom. The van der Waals surface area contributed by atoms with Crippen LogP contribution in [-0.2, 0) is 14.6 Å². The predicted molar refractivity (Wildman–Crippen MR) is 54.2 cm³/mol. The van der Waals surface area contributed by atoms with E-state index in [4.69, 9.17) is 4.74 Å². The molecule has 0 aromatic heterocycles. The third kappa shape index (κ3) is 1.27. The predicted octanol–water partition coefficient (Wildman–Crippen LogP) is 1.02. The minimum Gasteiger partial charge on any atom is -0.496 e. The summed E-state index contributed by atoms with van der Waals surface area (Å²) in [6, 6.07) is 4.69. The van der Waals surface area contributed by atoms with Crippen molar-refractivity contribution in [2.45, 2.75) is 4.90 Å². The maximum absolute atomic E-state index is 11.7. The van der Waals surface area contributed by atoms with Crippen molar-refractivity contribution in [3.05, 3.63) is 28.7 Å². The second-order valence-corrected chi connectivity index (χ2v) is 4.96. The molecule has 0 unspecified atom stereocenters. The Morgan fingerprint density at radius 2 is 2.07 bits per heavy atom. The molecule has 78 valence electrons. The molecule has 5 heteroatoms. The van der Waals surface area contributed by atoms with E-state index in [9.17, 15) is 13.2 Å². The number of ether oxygens (including phenoxy) is 1. The maximum Gasteiger partial charge on any atom is 0.210 e. The van der Waals surface area contributed by atoms with Gasteiger partial charge in [-0.05, 0) is 18.2 Å². The van der Waals surface area contributed by atoms with Crippen molar-refractivity contribution in [1.82, 2.24) is 0 Å². The molecule has 0 N–H and O–H groups in total. The van der Waals surface area contributed by atoms with Crippen molar-refractivity contribution < 1.29 is 17.9 Å². The number of sulfone groups is 1. The fourth-order valence-corrected chi connectivity index (χ4v) is 2.88. The minimum absolute atomic E-state index is 0.129. The van der Waals surface area contributed by atoms with Crippen LogP contribution in [0, 0.1) is 0 Å². The van der Waals surface area contributed by atoms with Crippen molar-refractivity contribution >= 4 is 22.2 Å². The number of allylic oxidation sites excluding steroid dienone is 1. The average Bonchev–Trinajstić information content (AvgIpc) is 2.50. The van der Waals surface area contributed by atoms with Crippen LogP contribution in [0.15, 0.2) is 28.0 Å². The van der Waals surface area contributed by atoms with Gasteiger partial charge in [0, 0.05) is 5.56 Å². The van der Waals surface area contributed by atoms with Gasteiger partial charge in [-0.2, -0.15) is 0 Å². The summed E-state index contributed by atoms with van der Waals surface area (Å²) in [5.74, 6) is 0.452. The molecule has 0 saturated carbocycles. The summed E-state index contributed by atoms with van der Waals surface area (Å²) in [5, 5.41) is 0. The minimum atomic E-state index is -3.62. The van der Waals surface area contributed by atoms with Gasteiger partial charge in [-0.15, -0.1) is 0 Å². The number of rotatable bonds is 2. The first kappa shape index (κ1) is 9.92. The summed E-state index contributed by atoms with van der Waals surface area (Å²) in [6.07, 6.45) is 1.67. The second kappa shape index (κ2) is 3.20. The van der Waals surface area contributed by atoms with E-state index in [1.165, 1.54) is 19.3 Å². The highest BCUT2D eigenvalue weighted by atomic mass is 32.2. The number of hydrogen-bond donors (Lipinski definition) is 0. The van der Waals surface area contributed by atoms with Gasteiger partial charge in [0.15, 0.2) is 6.29 Å². The Balaban J connectivity index is 2.79. The zero-order chi connectivity index (χ0) is 11.1. The summed E-state index contributed by atoms with van der Waals surface area (Å²) in [5.41, 5.74) is 0.446. The molecule has 0 fully saturated rings. The standard InChI is InChI=1S/C10H8O4S/c1-14-9-3-2-4-10-8(9)5-7(6-11)15(10,12)13/h2-6H,1H3. The number of methoxy groups -OCH3 is 1. The molecule has 1 aliphatic rings. The van der Waals surface area contributed by atoms with Gasteiger partial charge >= 0.3 is 0 Å². The molecule has 2 rings (SSSR count). The maximum atomic E-state index is 11.7. The lowest BCUT2D eigenvalue weighted by Gasteiger charge is -2.04. The normalized spacial score (nSPS) is 16.7. The first-order chi connectivity index (χ1) is 7.11. The molecule has 1 heterocycles. The number of hydrogen-bond acceptors (Lipinski definition) is 4.